The second-order valence-corrected chi connectivity index (χ2v) is 18.2. The Labute approximate surface area is 355 Å². The zero-order valence-corrected chi connectivity index (χ0v) is 39.0. The molecule has 338 valence electrons. The molecule has 0 aliphatic rings. The standard InChI is InChI=1S/C51H98O6/c1-6-8-9-10-11-12-17-21-26-31-36-41-49(52)55-44-48(45-56-50(53)42-37-32-28-23-24-29-34-39-46(3)4)57-51(54)43-38-33-27-22-19-16-14-13-15-18-20-25-30-35-40-47(5)7-2/h46-48H,6-45H2,1-5H3/t47?,48-/m0/s1. The van der Waals surface area contributed by atoms with Gasteiger partial charge in [0.1, 0.15) is 13.2 Å². The van der Waals surface area contributed by atoms with Gasteiger partial charge in [-0.05, 0) is 31.1 Å². The van der Waals surface area contributed by atoms with Gasteiger partial charge in [0, 0.05) is 19.3 Å². The van der Waals surface area contributed by atoms with Crippen molar-refractivity contribution in [2.75, 3.05) is 13.2 Å². The maximum atomic E-state index is 12.8. The van der Waals surface area contributed by atoms with E-state index in [0.29, 0.717) is 19.3 Å². The lowest BCUT2D eigenvalue weighted by molar-refractivity contribution is -0.167. The third-order valence-corrected chi connectivity index (χ3v) is 11.8. The Balaban J connectivity index is 4.27. The highest BCUT2D eigenvalue weighted by molar-refractivity contribution is 5.71. The van der Waals surface area contributed by atoms with Crippen LogP contribution in [0.2, 0.25) is 0 Å². The number of unbranched alkanes of at least 4 members (excludes halogenated alkanes) is 29. The van der Waals surface area contributed by atoms with Gasteiger partial charge in [-0.25, -0.2) is 0 Å². The monoisotopic (exact) mass is 807 g/mol. The molecule has 0 radical (unpaired) electrons. The van der Waals surface area contributed by atoms with Crippen LogP contribution in [0.15, 0.2) is 0 Å². The molecule has 0 amide bonds. The number of ether oxygens (including phenoxy) is 3. The minimum Gasteiger partial charge on any atom is -0.462 e. The van der Waals surface area contributed by atoms with E-state index in [4.69, 9.17) is 14.2 Å². The maximum absolute atomic E-state index is 12.8. The number of hydrogen-bond acceptors (Lipinski definition) is 6. The van der Waals surface area contributed by atoms with Gasteiger partial charge in [-0.1, -0.05) is 240 Å². The molecule has 0 heterocycles. The lowest BCUT2D eigenvalue weighted by atomic mass is 9.99. The van der Waals surface area contributed by atoms with Gasteiger partial charge in [-0.15, -0.1) is 0 Å². The molecule has 0 rings (SSSR count). The summed E-state index contributed by atoms with van der Waals surface area (Å²) in [5.41, 5.74) is 0. The number of rotatable bonds is 45. The third-order valence-electron chi connectivity index (χ3n) is 11.8. The Morgan fingerprint density at radius 1 is 0.368 bits per heavy atom. The van der Waals surface area contributed by atoms with Gasteiger partial charge in [0.2, 0.25) is 0 Å². The maximum Gasteiger partial charge on any atom is 0.306 e. The molecule has 6 nitrogen and oxygen atoms in total. The van der Waals surface area contributed by atoms with Crippen LogP contribution in [0.5, 0.6) is 0 Å². The predicted octanol–water partition coefficient (Wildman–Crippen LogP) is 16.1. The van der Waals surface area contributed by atoms with E-state index in [-0.39, 0.29) is 31.1 Å². The van der Waals surface area contributed by atoms with E-state index in [1.165, 1.54) is 167 Å². The van der Waals surface area contributed by atoms with Crippen LogP contribution in [-0.2, 0) is 28.6 Å². The van der Waals surface area contributed by atoms with E-state index >= 15 is 0 Å². The number of carbonyl (C=O) groups is 3. The highest BCUT2D eigenvalue weighted by atomic mass is 16.6. The van der Waals surface area contributed by atoms with E-state index in [2.05, 4.69) is 34.6 Å². The second-order valence-electron chi connectivity index (χ2n) is 18.2. The fraction of sp³-hybridized carbons (Fsp3) is 0.941. The molecule has 0 fully saturated rings. The lowest BCUT2D eigenvalue weighted by Crippen LogP contribution is -2.30. The molecule has 0 aromatic carbocycles. The van der Waals surface area contributed by atoms with Crippen LogP contribution in [-0.4, -0.2) is 37.2 Å². The van der Waals surface area contributed by atoms with Crippen LogP contribution in [0, 0.1) is 11.8 Å². The smallest absolute Gasteiger partial charge is 0.306 e. The number of esters is 3. The molecular weight excluding hydrogens is 709 g/mol. The Bertz CT molecular complexity index is 872. The van der Waals surface area contributed by atoms with Crippen molar-refractivity contribution in [2.45, 2.75) is 285 Å². The topological polar surface area (TPSA) is 78.9 Å². The molecule has 1 unspecified atom stereocenters. The summed E-state index contributed by atoms with van der Waals surface area (Å²) >= 11 is 0. The average molecular weight is 807 g/mol. The fourth-order valence-electron chi connectivity index (χ4n) is 7.60. The van der Waals surface area contributed by atoms with Crippen molar-refractivity contribution < 1.29 is 28.6 Å². The third kappa shape index (κ3) is 43.8. The van der Waals surface area contributed by atoms with Crippen molar-refractivity contribution in [2.24, 2.45) is 11.8 Å². The van der Waals surface area contributed by atoms with Crippen LogP contribution in [0.4, 0.5) is 0 Å². The summed E-state index contributed by atoms with van der Waals surface area (Å²) in [7, 11) is 0. The number of hydrogen-bond donors (Lipinski definition) is 0. The van der Waals surface area contributed by atoms with Crippen LogP contribution in [0.3, 0.4) is 0 Å². The number of carbonyl (C=O) groups excluding carboxylic acids is 3. The first kappa shape index (κ1) is 55.4. The minimum atomic E-state index is -0.761. The van der Waals surface area contributed by atoms with Crippen molar-refractivity contribution in [3.05, 3.63) is 0 Å². The lowest BCUT2D eigenvalue weighted by Gasteiger charge is -2.18. The molecule has 0 saturated carbocycles. The molecule has 0 aromatic heterocycles. The minimum absolute atomic E-state index is 0.0644. The van der Waals surface area contributed by atoms with E-state index in [1.54, 1.807) is 0 Å². The van der Waals surface area contributed by atoms with Crippen molar-refractivity contribution in [3.8, 4) is 0 Å². The molecule has 0 aliphatic carbocycles. The van der Waals surface area contributed by atoms with Gasteiger partial charge < -0.3 is 14.2 Å². The van der Waals surface area contributed by atoms with E-state index in [1.807, 2.05) is 0 Å². The van der Waals surface area contributed by atoms with Crippen molar-refractivity contribution in [1.82, 2.24) is 0 Å². The first-order valence-electron chi connectivity index (χ1n) is 25.3. The van der Waals surface area contributed by atoms with Gasteiger partial charge in [0.05, 0.1) is 0 Å². The summed E-state index contributed by atoms with van der Waals surface area (Å²) in [5.74, 6) is 0.823. The van der Waals surface area contributed by atoms with Crippen LogP contribution >= 0.6 is 0 Å². The second kappa shape index (κ2) is 44.0. The Morgan fingerprint density at radius 2 is 0.667 bits per heavy atom. The van der Waals surface area contributed by atoms with E-state index in [0.717, 1.165) is 69.6 Å². The van der Waals surface area contributed by atoms with Crippen LogP contribution in [0.25, 0.3) is 0 Å². The Hall–Kier alpha value is -1.59. The largest absolute Gasteiger partial charge is 0.462 e. The van der Waals surface area contributed by atoms with Gasteiger partial charge in [-0.2, -0.15) is 0 Å². The Morgan fingerprint density at radius 3 is 1.00 bits per heavy atom. The molecule has 0 bridgehead atoms. The molecule has 0 spiro atoms. The molecule has 0 N–H and O–H groups in total. The summed E-state index contributed by atoms with van der Waals surface area (Å²) in [6, 6.07) is 0. The predicted molar refractivity (Wildman–Crippen MR) is 243 cm³/mol. The van der Waals surface area contributed by atoms with Gasteiger partial charge in [0.25, 0.3) is 0 Å². The SMILES string of the molecule is CCCCCCCCCCCCCC(=O)OC[C@@H](COC(=O)CCCCCCCCCC(C)C)OC(=O)CCCCCCCCCCCCCCCCC(C)CC. The average Bonchev–Trinajstić information content (AvgIpc) is 3.19. The van der Waals surface area contributed by atoms with E-state index < -0.39 is 6.10 Å². The molecule has 0 saturated heterocycles. The molecular formula is C51H98O6. The quantitative estimate of drug-likeness (QED) is 0.0346. The zero-order chi connectivity index (χ0) is 41.9. The summed E-state index contributed by atoms with van der Waals surface area (Å²) in [5, 5.41) is 0. The van der Waals surface area contributed by atoms with Gasteiger partial charge in [-0.3, -0.25) is 14.4 Å². The molecule has 0 aliphatic heterocycles. The van der Waals surface area contributed by atoms with Crippen molar-refractivity contribution in [1.29, 1.82) is 0 Å². The van der Waals surface area contributed by atoms with Crippen molar-refractivity contribution in [3.63, 3.8) is 0 Å². The summed E-state index contributed by atoms with van der Waals surface area (Å²) in [4.78, 5) is 37.8. The molecule has 2 atom stereocenters. The Kier molecular flexibility index (Phi) is 42.7. The molecule has 0 aromatic rings. The van der Waals surface area contributed by atoms with Crippen LogP contribution < -0.4 is 0 Å². The molecule has 6 heteroatoms. The van der Waals surface area contributed by atoms with Crippen molar-refractivity contribution >= 4 is 17.9 Å². The highest BCUT2D eigenvalue weighted by Crippen LogP contribution is 2.18. The van der Waals surface area contributed by atoms with E-state index in [9.17, 15) is 14.4 Å². The summed E-state index contributed by atoms with van der Waals surface area (Å²) < 4.78 is 16.8. The van der Waals surface area contributed by atoms with Gasteiger partial charge in [0.15, 0.2) is 6.10 Å². The van der Waals surface area contributed by atoms with Gasteiger partial charge >= 0.3 is 17.9 Å². The highest BCUT2D eigenvalue weighted by Gasteiger charge is 2.19. The van der Waals surface area contributed by atoms with Crippen LogP contribution in [0.1, 0.15) is 279 Å². The normalized spacial score (nSPS) is 12.5. The first-order chi connectivity index (χ1) is 27.8. The zero-order valence-electron chi connectivity index (χ0n) is 39.0. The fourth-order valence-corrected chi connectivity index (χ4v) is 7.60. The first-order valence-corrected chi connectivity index (χ1v) is 25.3. The molecule has 57 heavy (non-hydrogen) atoms. The summed E-state index contributed by atoms with van der Waals surface area (Å²) in [6.07, 6.45) is 43.7. The summed E-state index contributed by atoms with van der Waals surface area (Å²) in [6.45, 7) is 11.4.